The summed E-state index contributed by atoms with van der Waals surface area (Å²) < 4.78 is 6.94. The summed E-state index contributed by atoms with van der Waals surface area (Å²) in [6.45, 7) is -0.401. The molecule has 1 amide bonds. The molecular formula is C25H22N4O3. The van der Waals surface area contributed by atoms with E-state index in [0.717, 1.165) is 16.5 Å². The van der Waals surface area contributed by atoms with E-state index in [0.29, 0.717) is 11.5 Å². The van der Waals surface area contributed by atoms with E-state index < -0.39 is 24.5 Å². The molecule has 2 aromatic heterocycles. The van der Waals surface area contributed by atoms with Crippen molar-refractivity contribution in [3.05, 3.63) is 102 Å². The highest BCUT2D eigenvalue weighted by Gasteiger charge is 2.21. The molecule has 2 heterocycles. The fraction of sp³-hybridized carbons (Fsp3) is 0.120. The zero-order valence-corrected chi connectivity index (χ0v) is 17.5. The summed E-state index contributed by atoms with van der Waals surface area (Å²) >= 11 is 0. The van der Waals surface area contributed by atoms with Gasteiger partial charge in [0.1, 0.15) is 11.9 Å². The second-order valence-electron chi connectivity index (χ2n) is 7.18. The van der Waals surface area contributed by atoms with Crippen molar-refractivity contribution in [2.45, 2.75) is 6.04 Å². The molecule has 1 atom stereocenters. The van der Waals surface area contributed by atoms with Gasteiger partial charge < -0.3 is 14.6 Å². The highest BCUT2D eigenvalue weighted by Crippen LogP contribution is 2.20. The molecule has 32 heavy (non-hydrogen) atoms. The van der Waals surface area contributed by atoms with Crippen LogP contribution in [0.15, 0.2) is 85.2 Å². The number of ether oxygens (including phenoxy) is 1. The monoisotopic (exact) mass is 426 g/mol. The van der Waals surface area contributed by atoms with E-state index in [1.54, 1.807) is 12.3 Å². The average molecular weight is 426 g/mol. The molecule has 4 aromatic rings. The van der Waals surface area contributed by atoms with Crippen molar-refractivity contribution >= 4 is 28.9 Å². The number of esters is 1. The Kier molecular flexibility index (Phi) is 6.36. The van der Waals surface area contributed by atoms with Crippen LogP contribution in [0.25, 0.3) is 17.0 Å². The summed E-state index contributed by atoms with van der Waals surface area (Å²) in [5.74, 6) is -0.367. The molecule has 2 aromatic carbocycles. The lowest BCUT2D eigenvalue weighted by Crippen LogP contribution is -2.34. The van der Waals surface area contributed by atoms with Crippen molar-refractivity contribution in [3.63, 3.8) is 0 Å². The van der Waals surface area contributed by atoms with E-state index >= 15 is 0 Å². The topological polar surface area (TPSA) is 86.1 Å². The zero-order valence-electron chi connectivity index (χ0n) is 17.5. The molecule has 160 valence electrons. The first-order valence-corrected chi connectivity index (χ1v) is 10.1. The van der Waals surface area contributed by atoms with Gasteiger partial charge in [0.05, 0.1) is 11.2 Å². The van der Waals surface area contributed by atoms with Crippen molar-refractivity contribution < 1.29 is 14.3 Å². The van der Waals surface area contributed by atoms with Gasteiger partial charge in [0.25, 0.3) is 5.91 Å². The van der Waals surface area contributed by atoms with E-state index in [9.17, 15) is 9.59 Å². The molecule has 1 unspecified atom stereocenters. The largest absolute Gasteiger partial charge is 0.452 e. The molecule has 7 nitrogen and oxygen atoms in total. The molecule has 0 radical (unpaired) electrons. The van der Waals surface area contributed by atoms with Gasteiger partial charge in [0.2, 0.25) is 0 Å². The Morgan fingerprint density at radius 3 is 2.62 bits per heavy atom. The molecule has 0 aliphatic rings. The van der Waals surface area contributed by atoms with Crippen LogP contribution in [0.1, 0.15) is 23.1 Å². The number of hydrogen-bond acceptors (Lipinski definition) is 5. The number of benzene rings is 2. The van der Waals surface area contributed by atoms with Crippen molar-refractivity contribution in [2.24, 2.45) is 7.05 Å². The van der Waals surface area contributed by atoms with Crippen LogP contribution < -0.4 is 5.32 Å². The molecule has 0 saturated carbocycles. The maximum Gasteiger partial charge on any atom is 0.331 e. The molecule has 1 N–H and O–H groups in total. The quantitative estimate of drug-likeness (QED) is 0.361. The van der Waals surface area contributed by atoms with Crippen molar-refractivity contribution in [1.82, 2.24) is 19.9 Å². The number of nitrogens with one attached hydrogen (secondary N) is 1. The highest BCUT2D eigenvalue weighted by atomic mass is 16.5. The number of hydrogen-bond donors (Lipinski definition) is 1. The van der Waals surface area contributed by atoms with Crippen molar-refractivity contribution in [2.75, 3.05) is 6.61 Å². The highest BCUT2D eigenvalue weighted by molar-refractivity contribution is 5.89. The summed E-state index contributed by atoms with van der Waals surface area (Å²) in [5, 5.41) is 3.91. The number of carbonyl (C=O) groups excluding carboxylic acids is 2. The van der Waals surface area contributed by atoms with Gasteiger partial charge in [-0.1, -0.05) is 54.6 Å². The first kappa shape index (κ1) is 21.0. The van der Waals surface area contributed by atoms with Gasteiger partial charge in [-0.05, 0) is 23.8 Å². The summed E-state index contributed by atoms with van der Waals surface area (Å²) in [7, 11) is 1.86. The minimum atomic E-state index is -0.622. The van der Waals surface area contributed by atoms with Crippen LogP contribution in [-0.2, 0) is 21.4 Å². The Morgan fingerprint density at radius 1 is 1.06 bits per heavy atom. The lowest BCUT2D eigenvalue weighted by molar-refractivity contribution is -0.143. The zero-order chi connectivity index (χ0) is 22.3. The Labute approximate surface area is 185 Å². The summed E-state index contributed by atoms with van der Waals surface area (Å²) in [6.07, 6.45) is 6.30. The van der Waals surface area contributed by atoms with Crippen molar-refractivity contribution in [3.8, 4) is 0 Å². The average Bonchev–Trinajstić information content (AvgIpc) is 3.25. The van der Waals surface area contributed by atoms with Crippen LogP contribution in [0.5, 0.6) is 0 Å². The predicted molar refractivity (Wildman–Crippen MR) is 121 cm³/mol. The third kappa shape index (κ3) is 5.07. The number of aryl methyl sites for hydroxylation is 1. The fourth-order valence-corrected chi connectivity index (χ4v) is 3.31. The third-order valence-corrected chi connectivity index (χ3v) is 4.91. The van der Waals surface area contributed by atoms with Crippen LogP contribution in [0, 0.1) is 0 Å². The second-order valence-corrected chi connectivity index (χ2v) is 7.18. The summed E-state index contributed by atoms with van der Waals surface area (Å²) in [5.41, 5.74) is 2.34. The molecule has 0 aliphatic carbocycles. The predicted octanol–water partition coefficient (Wildman–Crippen LogP) is 3.43. The number of aromatic nitrogens is 3. The Morgan fingerprint density at radius 2 is 1.84 bits per heavy atom. The second kappa shape index (κ2) is 9.70. The summed E-state index contributed by atoms with van der Waals surface area (Å²) in [6, 6.07) is 20.5. The van der Waals surface area contributed by atoms with Crippen molar-refractivity contribution in [1.29, 1.82) is 0 Å². The molecule has 0 fully saturated rings. The number of rotatable bonds is 7. The van der Waals surface area contributed by atoms with E-state index in [-0.39, 0.29) is 0 Å². The van der Waals surface area contributed by atoms with Gasteiger partial charge in [0.15, 0.2) is 6.61 Å². The molecule has 0 bridgehead atoms. The van der Waals surface area contributed by atoms with Gasteiger partial charge in [-0.3, -0.25) is 4.79 Å². The van der Waals surface area contributed by atoms with E-state index in [1.807, 2.05) is 84.5 Å². The van der Waals surface area contributed by atoms with Crippen LogP contribution in [0.4, 0.5) is 0 Å². The van der Waals surface area contributed by atoms with E-state index in [2.05, 4.69) is 15.3 Å². The number of fused-ring (bicyclic) bond motifs is 1. The fourth-order valence-electron chi connectivity index (χ4n) is 3.31. The number of para-hydroxylation sites is 1. The summed E-state index contributed by atoms with van der Waals surface area (Å²) in [4.78, 5) is 33.4. The number of pyridine rings is 1. The molecule has 0 spiro atoms. The first-order chi connectivity index (χ1) is 15.6. The number of nitrogens with zero attached hydrogens (tertiary/aromatic N) is 3. The number of carbonyl (C=O) groups is 2. The Bertz CT molecular complexity index is 1260. The van der Waals surface area contributed by atoms with Gasteiger partial charge >= 0.3 is 5.97 Å². The molecule has 4 rings (SSSR count). The molecule has 0 aliphatic heterocycles. The lowest BCUT2D eigenvalue weighted by atomic mass is 10.1. The number of imidazole rings is 1. The van der Waals surface area contributed by atoms with Crippen LogP contribution in [0.2, 0.25) is 0 Å². The van der Waals surface area contributed by atoms with Gasteiger partial charge in [-0.25, -0.2) is 14.8 Å². The first-order valence-electron chi connectivity index (χ1n) is 10.1. The third-order valence-electron chi connectivity index (χ3n) is 4.91. The van der Waals surface area contributed by atoms with Crippen LogP contribution in [-0.4, -0.2) is 33.0 Å². The molecular weight excluding hydrogens is 404 g/mol. The maximum absolute atomic E-state index is 12.5. The van der Waals surface area contributed by atoms with Gasteiger partial charge in [-0.15, -0.1) is 0 Å². The Balaban J connectivity index is 1.37. The Hall–Kier alpha value is -4.26. The van der Waals surface area contributed by atoms with Gasteiger partial charge in [0, 0.05) is 30.9 Å². The van der Waals surface area contributed by atoms with E-state index in [1.165, 1.54) is 6.08 Å². The maximum atomic E-state index is 12.5. The number of amides is 1. The standard InChI is InChI=1S/C25H22N4O3/c1-29-16-15-26-25(29)24(19-8-3-2-4-9-19)28-22(30)17-32-23(31)14-13-20-12-11-18-7-5-6-10-21(18)27-20/h2-16,24H,17H2,1H3,(H,28,30)/b14-13+. The normalized spacial score (nSPS) is 12.0. The SMILES string of the molecule is Cn1ccnc1C(NC(=O)COC(=O)/C=C/c1ccc2ccccc2n1)c1ccccc1. The van der Waals surface area contributed by atoms with Crippen LogP contribution in [0.3, 0.4) is 0 Å². The van der Waals surface area contributed by atoms with Gasteiger partial charge in [-0.2, -0.15) is 0 Å². The minimum absolute atomic E-state index is 0.401. The molecule has 0 saturated heterocycles. The minimum Gasteiger partial charge on any atom is -0.452 e. The lowest BCUT2D eigenvalue weighted by Gasteiger charge is -2.19. The molecule has 7 heteroatoms. The smallest absolute Gasteiger partial charge is 0.331 e. The van der Waals surface area contributed by atoms with E-state index in [4.69, 9.17) is 4.74 Å². The van der Waals surface area contributed by atoms with Crippen LogP contribution >= 0.6 is 0 Å².